The lowest BCUT2D eigenvalue weighted by Gasteiger charge is -2.22. The number of furan rings is 1. The van der Waals surface area contributed by atoms with Gasteiger partial charge in [0.2, 0.25) is 5.88 Å². The highest BCUT2D eigenvalue weighted by Crippen LogP contribution is 2.39. The van der Waals surface area contributed by atoms with E-state index < -0.39 is 0 Å². The number of rotatable bonds is 4. The number of anilines is 2. The Hall–Kier alpha value is -4.88. The molecule has 0 saturated carbocycles. The van der Waals surface area contributed by atoms with Gasteiger partial charge >= 0.3 is 0 Å². The number of nitrogens with zero attached hydrogens (tertiary/aromatic N) is 2. The molecule has 1 aliphatic rings. The molecule has 7 nitrogen and oxygen atoms in total. The third-order valence-corrected chi connectivity index (χ3v) is 6.56. The highest BCUT2D eigenvalue weighted by atomic mass is 35.5. The molecular weight excluding hydrogens is 502 g/mol. The zero-order valence-corrected chi connectivity index (χ0v) is 20.7. The Morgan fingerprint density at radius 2 is 1.76 bits per heavy atom. The summed E-state index contributed by atoms with van der Waals surface area (Å²) >= 11 is 6.60. The molecule has 0 aliphatic carbocycles. The van der Waals surface area contributed by atoms with E-state index in [1.54, 1.807) is 72.2 Å². The Morgan fingerprint density at radius 3 is 2.61 bits per heavy atom. The summed E-state index contributed by atoms with van der Waals surface area (Å²) in [6, 6.07) is 24.8. The smallest absolute Gasteiger partial charge is 0.260 e. The van der Waals surface area contributed by atoms with Gasteiger partial charge in [0.1, 0.15) is 0 Å². The molecule has 5 aromatic rings. The van der Waals surface area contributed by atoms with Crippen molar-refractivity contribution in [1.29, 1.82) is 0 Å². The second-order valence-electron chi connectivity index (χ2n) is 8.64. The van der Waals surface area contributed by atoms with E-state index in [9.17, 15) is 9.59 Å². The van der Waals surface area contributed by atoms with E-state index in [2.05, 4.69) is 10.3 Å². The van der Waals surface area contributed by atoms with Crippen LogP contribution >= 0.6 is 11.6 Å². The Labute approximate surface area is 223 Å². The summed E-state index contributed by atoms with van der Waals surface area (Å²) in [6.45, 7) is 0.263. The van der Waals surface area contributed by atoms with Crippen LogP contribution in [-0.2, 0) is 6.54 Å². The number of fused-ring (bicyclic) bond motifs is 2. The highest BCUT2D eigenvalue weighted by Gasteiger charge is 2.28. The second kappa shape index (κ2) is 9.88. The summed E-state index contributed by atoms with van der Waals surface area (Å²) in [6.07, 6.45) is 4.80. The first kappa shape index (κ1) is 23.5. The summed E-state index contributed by atoms with van der Waals surface area (Å²) in [7, 11) is 0. The van der Waals surface area contributed by atoms with E-state index in [1.165, 1.54) is 0 Å². The summed E-state index contributed by atoms with van der Waals surface area (Å²) in [5.74, 6) is 0.371. The standard InChI is InChI=1S/C30H20ClN3O4/c31-25-16-21(33-28(35)23-8-2-1-7-22(23)20-13-15-37-18-20)11-12-24(25)30(36)34-17-19-6-5-14-32-29(19)38-27-10-4-3-9-26(27)34/h1-16,18H,17H2,(H,33,35). The van der Waals surface area contributed by atoms with Gasteiger partial charge in [-0.2, -0.15) is 0 Å². The van der Waals surface area contributed by atoms with Crippen LogP contribution in [0.4, 0.5) is 11.4 Å². The van der Waals surface area contributed by atoms with Crippen molar-refractivity contribution in [2.45, 2.75) is 6.54 Å². The minimum Gasteiger partial charge on any atom is -0.472 e. The molecule has 6 rings (SSSR count). The highest BCUT2D eigenvalue weighted by molar-refractivity contribution is 6.35. The molecule has 0 fully saturated rings. The van der Waals surface area contributed by atoms with E-state index in [-0.39, 0.29) is 23.4 Å². The van der Waals surface area contributed by atoms with Crippen molar-refractivity contribution in [2.24, 2.45) is 0 Å². The molecule has 0 bridgehead atoms. The topological polar surface area (TPSA) is 84.7 Å². The maximum Gasteiger partial charge on any atom is 0.260 e. The predicted octanol–water partition coefficient (Wildman–Crippen LogP) is 7.20. The van der Waals surface area contributed by atoms with E-state index in [4.69, 9.17) is 20.8 Å². The van der Waals surface area contributed by atoms with Gasteiger partial charge in [0, 0.05) is 28.6 Å². The number of halogens is 1. The third kappa shape index (κ3) is 4.40. The van der Waals surface area contributed by atoms with E-state index in [0.29, 0.717) is 34.1 Å². The van der Waals surface area contributed by atoms with Crippen molar-refractivity contribution in [1.82, 2.24) is 4.98 Å². The van der Waals surface area contributed by atoms with Gasteiger partial charge in [0.05, 0.1) is 35.3 Å². The Morgan fingerprint density at radius 1 is 0.921 bits per heavy atom. The van der Waals surface area contributed by atoms with E-state index in [0.717, 1.165) is 16.7 Å². The maximum atomic E-state index is 13.7. The fraction of sp³-hybridized carbons (Fsp3) is 0.0333. The largest absolute Gasteiger partial charge is 0.472 e. The zero-order chi connectivity index (χ0) is 26.1. The number of nitrogens with one attached hydrogen (secondary N) is 1. The average molecular weight is 522 g/mol. The van der Waals surface area contributed by atoms with Crippen LogP contribution in [0.25, 0.3) is 11.1 Å². The minimum absolute atomic E-state index is 0.213. The first-order valence-electron chi connectivity index (χ1n) is 11.8. The first-order chi connectivity index (χ1) is 18.6. The fourth-order valence-corrected chi connectivity index (χ4v) is 4.67. The van der Waals surface area contributed by atoms with Crippen molar-refractivity contribution in [2.75, 3.05) is 10.2 Å². The Balaban J connectivity index is 1.28. The van der Waals surface area contributed by atoms with Crippen molar-refractivity contribution >= 4 is 34.8 Å². The van der Waals surface area contributed by atoms with Gasteiger partial charge in [-0.15, -0.1) is 0 Å². The van der Waals surface area contributed by atoms with Crippen LogP contribution in [-0.4, -0.2) is 16.8 Å². The van der Waals surface area contributed by atoms with E-state index >= 15 is 0 Å². The molecule has 0 spiro atoms. The molecule has 0 atom stereocenters. The number of ether oxygens (including phenoxy) is 1. The number of hydrogen-bond acceptors (Lipinski definition) is 5. The summed E-state index contributed by atoms with van der Waals surface area (Å²) in [5, 5.41) is 3.09. The van der Waals surface area contributed by atoms with Gasteiger partial charge in [-0.3, -0.25) is 9.59 Å². The number of hydrogen-bond donors (Lipinski definition) is 1. The first-order valence-corrected chi connectivity index (χ1v) is 12.2. The van der Waals surface area contributed by atoms with Crippen molar-refractivity contribution in [3.8, 4) is 22.8 Å². The van der Waals surface area contributed by atoms with Crippen molar-refractivity contribution in [3.63, 3.8) is 0 Å². The summed E-state index contributed by atoms with van der Waals surface area (Å²) in [4.78, 5) is 32.8. The van der Waals surface area contributed by atoms with Gasteiger partial charge in [-0.05, 0) is 54.1 Å². The average Bonchev–Trinajstić information content (AvgIpc) is 3.42. The summed E-state index contributed by atoms with van der Waals surface area (Å²) in [5.41, 5.74) is 4.17. The third-order valence-electron chi connectivity index (χ3n) is 6.25. The molecule has 2 amide bonds. The van der Waals surface area contributed by atoms with E-state index in [1.807, 2.05) is 36.4 Å². The molecule has 2 aromatic heterocycles. The minimum atomic E-state index is -0.306. The molecule has 186 valence electrons. The number of pyridine rings is 1. The van der Waals surface area contributed by atoms with Gasteiger partial charge in [0.15, 0.2) is 5.75 Å². The number of carbonyl (C=O) groups excluding carboxylic acids is 2. The number of benzene rings is 3. The second-order valence-corrected chi connectivity index (χ2v) is 9.04. The Kier molecular flexibility index (Phi) is 6.11. The van der Waals surface area contributed by atoms with Crippen LogP contribution < -0.4 is 15.0 Å². The molecule has 0 unspecified atom stereocenters. The van der Waals surface area contributed by atoms with Crippen molar-refractivity contribution < 1.29 is 18.7 Å². The van der Waals surface area contributed by atoms with Gasteiger partial charge in [-0.25, -0.2) is 4.98 Å². The Bertz CT molecular complexity index is 1670. The molecule has 0 saturated heterocycles. The number of carbonyl (C=O) groups is 2. The van der Waals surface area contributed by atoms with Crippen molar-refractivity contribution in [3.05, 3.63) is 125 Å². The normalized spacial score (nSPS) is 12.1. The molecular formula is C30H20ClN3O4. The SMILES string of the molecule is O=C(Nc1ccc(C(=O)N2Cc3cccnc3Oc3ccccc32)c(Cl)c1)c1ccccc1-c1ccoc1. The van der Waals surface area contributed by atoms with Crippen LogP contribution in [0.2, 0.25) is 5.02 Å². The molecule has 3 heterocycles. The van der Waals surface area contributed by atoms with Crippen LogP contribution in [0.15, 0.2) is 108 Å². The summed E-state index contributed by atoms with van der Waals surface area (Å²) < 4.78 is 11.2. The van der Waals surface area contributed by atoms with Crippen LogP contribution in [0, 0.1) is 0 Å². The maximum absolute atomic E-state index is 13.7. The zero-order valence-electron chi connectivity index (χ0n) is 19.9. The lowest BCUT2D eigenvalue weighted by atomic mass is 10.0. The molecule has 3 aromatic carbocycles. The van der Waals surface area contributed by atoms with Crippen LogP contribution in [0.3, 0.4) is 0 Å². The van der Waals surface area contributed by atoms with Gasteiger partial charge < -0.3 is 19.4 Å². The number of para-hydroxylation sites is 2. The number of amides is 2. The van der Waals surface area contributed by atoms with Gasteiger partial charge in [-0.1, -0.05) is 48.0 Å². The molecule has 1 aliphatic heterocycles. The monoisotopic (exact) mass is 521 g/mol. The lowest BCUT2D eigenvalue weighted by molar-refractivity contribution is 0.0984. The molecule has 38 heavy (non-hydrogen) atoms. The van der Waals surface area contributed by atoms with Gasteiger partial charge in [0.25, 0.3) is 11.8 Å². The number of aromatic nitrogens is 1. The molecule has 1 N–H and O–H groups in total. The predicted molar refractivity (Wildman–Crippen MR) is 145 cm³/mol. The molecule has 0 radical (unpaired) electrons. The van der Waals surface area contributed by atoms with Crippen LogP contribution in [0.1, 0.15) is 26.3 Å². The fourth-order valence-electron chi connectivity index (χ4n) is 4.40. The van der Waals surface area contributed by atoms with Crippen LogP contribution in [0.5, 0.6) is 11.6 Å². The molecule has 8 heteroatoms. The lowest BCUT2D eigenvalue weighted by Crippen LogP contribution is -2.30. The quantitative estimate of drug-likeness (QED) is 0.270.